The minimum absolute atomic E-state index is 0.0931. The number of aryl methyl sites for hydroxylation is 1. The number of hydrogen-bond donors (Lipinski definition) is 3. The zero-order chi connectivity index (χ0) is 27.8. The standard InChI is InChI=1S/C29H46F3N3O3/c1-21-8-6-10-25(26(21)30)29(37,13-4-5-17-38-3)23-9-7-16-35(20-23)27(36)34-24(19-33-2)18-22-11-14-28(31,32)15-12-22/h6,8,10,22-24,33,37H,4-5,7,9,11-20H2,1-3H3,(H,34,36)/t23-,24+,29+/m1/s1. The molecule has 1 aliphatic heterocycles. The molecule has 0 spiro atoms. The summed E-state index contributed by atoms with van der Waals surface area (Å²) in [6.45, 7) is 3.69. The molecule has 0 aromatic heterocycles. The number of benzene rings is 1. The van der Waals surface area contributed by atoms with Crippen molar-refractivity contribution in [3.05, 3.63) is 35.1 Å². The highest BCUT2D eigenvalue weighted by molar-refractivity contribution is 5.74. The molecule has 1 aromatic carbocycles. The number of unbranched alkanes of at least 4 members (excludes halogenated alkanes) is 1. The molecule has 3 rings (SSSR count). The van der Waals surface area contributed by atoms with Crippen LogP contribution in [0.4, 0.5) is 18.0 Å². The highest BCUT2D eigenvalue weighted by atomic mass is 19.3. The van der Waals surface area contributed by atoms with Crippen LogP contribution in [0.3, 0.4) is 0 Å². The van der Waals surface area contributed by atoms with Gasteiger partial charge in [0, 0.05) is 63.7 Å². The fourth-order valence-corrected chi connectivity index (χ4v) is 6.18. The van der Waals surface area contributed by atoms with Crippen molar-refractivity contribution >= 4 is 6.03 Å². The van der Waals surface area contributed by atoms with Gasteiger partial charge in [-0.2, -0.15) is 0 Å². The quantitative estimate of drug-likeness (QED) is 0.312. The lowest BCUT2D eigenvalue weighted by molar-refractivity contribution is -0.0590. The number of alkyl halides is 2. The number of methoxy groups -OCH3 is 1. The van der Waals surface area contributed by atoms with Crippen LogP contribution >= 0.6 is 0 Å². The van der Waals surface area contributed by atoms with Crippen LogP contribution in [0.1, 0.15) is 75.3 Å². The molecule has 3 atom stereocenters. The topological polar surface area (TPSA) is 73.8 Å². The van der Waals surface area contributed by atoms with Crippen molar-refractivity contribution in [3.8, 4) is 0 Å². The monoisotopic (exact) mass is 541 g/mol. The summed E-state index contributed by atoms with van der Waals surface area (Å²) < 4.78 is 47.6. The zero-order valence-electron chi connectivity index (χ0n) is 23.2. The summed E-state index contributed by atoms with van der Waals surface area (Å²) >= 11 is 0. The first-order chi connectivity index (χ1) is 18.1. The van der Waals surface area contributed by atoms with Crippen LogP contribution in [-0.2, 0) is 10.3 Å². The molecule has 1 saturated carbocycles. The summed E-state index contributed by atoms with van der Waals surface area (Å²) in [6.07, 6.45) is 4.60. The molecule has 9 heteroatoms. The zero-order valence-corrected chi connectivity index (χ0v) is 23.2. The Kier molecular flexibility index (Phi) is 11.3. The van der Waals surface area contributed by atoms with Gasteiger partial charge in [0.05, 0.1) is 5.60 Å². The lowest BCUT2D eigenvalue weighted by Gasteiger charge is -2.43. The summed E-state index contributed by atoms with van der Waals surface area (Å²) in [5, 5.41) is 18.2. The first-order valence-corrected chi connectivity index (χ1v) is 14.1. The molecule has 38 heavy (non-hydrogen) atoms. The molecule has 216 valence electrons. The molecule has 3 N–H and O–H groups in total. The van der Waals surface area contributed by atoms with Gasteiger partial charge < -0.3 is 25.4 Å². The van der Waals surface area contributed by atoms with Crippen LogP contribution < -0.4 is 10.6 Å². The lowest BCUT2D eigenvalue weighted by Crippen LogP contribution is -2.54. The Morgan fingerprint density at radius 3 is 2.68 bits per heavy atom. The number of nitrogens with zero attached hydrogens (tertiary/aromatic N) is 1. The number of hydrogen-bond acceptors (Lipinski definition) is 4. The van der Waals surface area contributed by atoms with Crippen molar-refractivity contribution in [1.29, 1.82) is 0 Å². The number of rotatable bonds is 12. The Balaban J connectivity index is 1.70. The summed E-state index contributed by atoms with van der Waals surface area (Å²) in [5.41, 5.74) is -0.622. The van der Waals surface area contributed by atoms with Crippen LogP contribution in [0, 0.1) is 24.6 Å². The number of ether oxygens (including phenoxy) is 1. The molecule has 6 nitrogen and oxygen atoms in total. The largest absolute Gasteiger partial charge is 0.385 e. The number of piperidine rings is 1. The Hall–Kier alpha value is -1.84. The lowest BCUT2D eigenvalue weighted by atomic mass is 9.73. The van der Waals surface area contributed by atoms with Gasteiger partial charge in [0.25, 0.3) is 0 Å². The average Bonchev–Trinajstić information content (AvgIpc) is 2.89. The number of carbonyl (C=O) groups excluding carboxylic acids is 1. The van der Waals surface area contributed by atoms with E-state index in [9.17, 15) is 18.7 Å². The summed E-state index contributed by atoms with van der Waals surface area (Å²) in [5.74, 6) is -3.12. The molecule has 0 unspecified atom stereocenters. The molecule has 1 aliphatic carbocycles. The van der Waals surface area contributed by atoms with E-state index in [0.29, 0.717) is 82.3 Å². The van der Waals surface area contributed by atoms with E-state index < -0.39 is 17.3 Å². The number of carbonyl (C=O) groups is 1. The normalized spacial score (nSPS) is 22.6. The molecular formula is C29H46F3N3O3. The second kappa shape index (κ2) is 14.0. The molecule has 1 heterocycles. The van der Waals surface area contributed by atoms with Crippen LogP contribution in [0.5, 0.6) is 0 Å². The van der Waals surface area contributed by atoms with Crippen LogP contribution in [0.2, 0.25) is 0 Å². The van der Waals surface area contributed by atoms with Crippen LogP contribution in [-0.4, -0.2) is 68.4 Å². The first kappa shape index (κ1) is 30.7. The SMILES string of the molecule is CNC[C@H](CC1CCC(F)(F)CC1)NC(=O)N1CCC[C@@H]([C@@](O)(CCCCOC)c2cccc(C)c2F)C1. The Labute approximate surface area is 225 Å². The number of likely N-dealkylation sites (tertiary alicyclic amines) is 1. The van der Waals surface area contributed by atoms with E-state index >= 15 is 4.39 Å². The minimum atomic E-state index is -2.57. The third-order valence-corrected chi connectivity index (χ3v) is 8.43. The Morgan fingerprint density at radius 2 is 2.00 bits per heavy atom. The van der Waals surface area contributed by atoms with Crippen molar-refractivity contribution in [1.82, 2.24) is 15.5 Å². The second-order valence-corrected chi connectivity index (χ2v) is 11.3. The van der Waals surface area contributed by atoms with E-state index in [0.717, 1.165) is 6.42 Å². The molecule has 0 radical (unpaired) electrons. The molecule has 1 saturated heterocycles. The minimum Gasteiger partial charge on any atom is -0.385 e. The van der Waals surface area contributed by atoms with Gasteiger partial charge in [0.2, 0.25) is 5.92 Å². The van der Waals surface area contributed by atoms with E-state index in [1.807, 2.05) is 7.05 Å². The van der Waals surface area contributed by atoms with Gasteiger partial charge in [-0.3, -0.25) is 0 Å². The number of amides is 2. The van der Waals surface area contributed by atoms with Crippen molar-refractivity contribution in [2.24, 2.45) is 11.8 Å². The van der Waals surface area contributed by atoms with Gasteiger partial charge in [-0.1, -0.05) is 18.2 Å². The van der Waals surface area contributed by atoms with Gasteiger partial charge >= 0.3 is 6.03 Å². The van der Waals surface area contributed by atoms with Crippen molar-refractivity contribution < 1.29 is 27.8 Å². The van der Waals surface area contributed by atoms with Crippen LogP contribution in [0.25, 0.3) is 0 Å². The van der Waals surface area contributed by atoms with E-state index in [1.165, 1.54) is 0 Å². The third kappa shape index (κ3) is 8.09. The molecule has 2 fully saturated rings. The van der Waals surface area contributed by atoms with Gasteiger partial charge in [-0.25, -0.2) is 18.0 Å². The predicted octanol–water partition coefficient (Wildman–Crippen LogP) is 5.36. The predicted molar refractivity (Wildman–Crippen MR) is 143 cm³/mol. The maximum absolute atomic E-state index is 15.3. The highest BCUT2D eigenvalue weighted by Gasteiger charge is 2.43. The summed E-state index contributed by atoms with van der Waals surface area (Å²) in [7, 11) is 3.44. The first-order valence-electron chi connectivity index (χ1n) is 14.1. The van der Waals surface area contributed by atoms with E-state index in [4.69, 9.17) is 4.74 Å². The summed E-state index contributed by atoms with van der Waals surface area (Å²) in [4.78, 5) is 15.1. The number of urea groups is 1. The molecule has 2 aliphatic rings. The van der Waals surface area contributed by atoms with Crippen molar-refractivity contribution in [2.75, 3.05) is 40.4 Å². The number of aliphatic hydroxyl groups is 1. The van der Waals surface area contributed by atoms with Gasteiger partial charge in [0.15, 0.2) is 0 Å². The van der Waals surface area contributed by atoms with Gasteiger partial charge in [-0.15, -0.1) is 0 Å². The summed E-state index contributed by atoms with van der Waals surface area (Å²) in [6, 6.07) is 4.73. The van der Waals surface area contributed by atoms with Crippen molar-refractivity contribution in [2.45, 2.75) is 88.7 Å². The molecule has 1 aromatic rings. The molecule has 0 bridgehead atoms. The number of nitrogens with one attached hydrogen (secondary N) is 2. The van der Waals surface area contributed by atoms with E-state index in [1.54, 1.807) is 37.1 Å². The fraction of sp³-hybridized carbons (Fsp3) is 0.759. The molecule has 2 amide bonds. The fourth-order valence-electron chi connectivity index (χ4n) is 6.18. The van der Waals surface area contributed by atoms with E-state index in [2.05, 4.69) is 10.6 Å². The van der Waals surface area contributed by atoms with Crippen molar-refractivity contribution in [3.63, 3.8) is 0 Å². The smallest absolute Gasteiger partial charge is 0.317 e. The Morgan fingerprint density at radius 1 is 1.26 bits per heavy atom. The highest BCUT2D eigenvalue weighted by Crippen LogP contribution is 2.41. The maximum atomic E-state index is 15.3. The molecular weight excluding hydrogens is 495 g/mol. The Bertz CT molecular complexity index is 893. The maximum Gasteiger partial charge on any atom is 0.317 e. The van der Waals surface area contributed by atoms with E-state index in [-0.39, 0.29) is 36.8 Å². The third-order valence-electron chi connectivity index (χ3n) is 8.43. The number of halogens is 3. The van der Waals surface area contributed by atoms with Gasteiger partial charge in [-0.05, 0) is 76.8 Å². The van der Waals surface area contributed by atoms with Gasteiger partial charge in [0.1, 0.15) is 5.82 Å². The second-order valence-electron chi connectivity index (χ2n) is 11.3. The van der Waals surface area contributed by atoms with Crippen LogP contribution in [0.15, 0.2) is 18.2 Å². The average molecular weight is 542 g/mol. The number of likely N-dealkylation sites (N-methyl/N-ethyl adjacent to an activating group) is 1.